The second kappa shape index (κ2) is 2.10. The molecule has 2 heterocycles. The van der Waals surface area contributed by atoms with Gasteiger partial charge in [0.25, 0.3) is 0 Å². The molecule has 0 aromatic carbocycles. The number of carboxylic acids is 1. The van der Waals surface area contributed by atoms with Gasteiger partial charge >= 0.3 is 12.1 Å². The molecule has 3 atom stereocenters. The minimum atomic E-state index is -1.20. The number of carbonyl (C=O) groups is 2. The van der Waals surface area contributed by atoms with E-state index in [9.17, 15) is 9.59 Å². The first-order chi connectivity index (χ1) is 5.61. The van der Waals surface area contributed by atoms with E-state index >= 15 is 0 Å². The highest BCUT2D eigenvalue weighted by molar-refractivity contribution is 5.81. The lowest BCUT2D eigenvalue weighted by Crippen LogP contribution is -2.44. The smallest absolute Gasteiger partial charge is 0.408 e. The fourth-order valence-corrected chi connectivity index (χ4v) is 1.54. The van der Waals surface area contributed by atoms with Crippen molar-refractivity contribution in [2.24, 2.45) is 0 Å². The molecule has 0 bridgehead atoms. The molecule has 2 aliphatic rings. The zero-order valence-corrected chi connectivity index (χ0v) is 6.01. The number of epoxide rings is 1. The van der Waals surface area contributed by atoms with E-state index in [1.165, 1.54) is 0 Å². The van der Waals surface area contributed by atoms with Crippen LogP contribution in [0.4, 0.5) is 4.79 Å². The Morgan fingerprint density at radius 1 is 1.42 bits per heavy atom. The van der Waals surface area contributed by atoms with Gasteiger partial charge in [0.15, 0.2) is 6.04 Å². The van der Waals surface area contributed by atoms with Crippen LogP contribution in [0.15, 0.2) is 0 Å². The molecule has 0 radical (unpaired) electrons. The highest BCUT2D eigenvalue weighted by Crippen LogP contribution is 2.36. The fraction of sp³-hybridized carbons (Fsp3) is 0.667. The molecule has 2 saturated heterocycles. The number of ether oxygens (including phenoxy) is 1. The van der Waals surface area contributed by atoms with Gasteiger partial charge in [0.2, 0.25) is 0 Å². The number of amides is 1. The molecule has 2 aliphatic heterocycles. The summed E-state index contributed by atoms with van der Waals surface area (Å²) in [4.78, 5) is 22.0. The topological polar surface area (TPSA) is 90.4 Å². The van der Waals surface area contributed by atoms with E-state index in [0.29, 0.717) is 0 Å². The lowest BCUT2D eigenvalue weighted by atomic mass is 10.2. The minimum absolute atomic E-state index is 0.178. The van der Waals surface area contributed by atoms with Crippen molar-refractivity contribution >= 4 is 12.1 Å². The number of rotatable bonds is 1. The first-order valence-electron chi connectivity index (χ1n) is 3.49. The highest BCUT2D eigenvalue weighted by atomic mass is 16.6. The van der Waals surface area contributed by atoms with E-state index in [0.717, 1.165) is 4.90 Å². The number of aliphatic carboxylic acids is 1. The molecule has 0 saturated carbocycles. The molecule has 1 amide bonds. The van der Waals surface area contributed by atoms with Crippen LogP contribution in [0, 0.1) is 0 Å². The second-order valence-electron chi connectivity index (χ2n) is 2.86. The Bertz CT molecular complexity index is 252. The van der Waals surface area contributed by atoms with E-state index in [1.807, 2.05) is 0 Å². The SMILES string of the molecule is O=C(O)[C@H]1[C@@H]2O[C@@H]2CN1C(=O)O. The largest absolute Gasteiger partial charge is 0.480 e. The molecule has 2 fully saturated rings. The summed E-state index contributed by atoms with van der Waals surface area (Å²) in [5.41, 5.74) is 0. The Labute approximate surface area is 67.3 Å². The molecule has 2 rings (SSSR count). The van der Waals surface area contributed by atoms with Crippen LogP contribution in [-0.2, 0) is 9.53 Å². The summed E-state index contributed by atoms with van der Waals surface area (Å²) < 4.78 is 4.92. The highest BCUT2D eigenvalue weighted by Gasteiger charge is 2.59. The van der Waals surface area contributed by atoms with Crippen LogP contribution in [0.1, 0.15) is 0 Å². The van der Waals surface area contributed by atoms with E-state index in [1.54, 1.807) is 0 Å². The quantitative estimate of drug-likeness (QED) is 0.506. The third-order valence-electron chi connectivity index (χ3n) is 2.14. The number of likely N-dealkylation sites (tertiary alicyclic amines) is 1. The van der Waals surface area contributed by atoms with Crippen molar-refractivity contribution in [1.82, 2.24) is 4.90 Å². The first-order valence-corrected chi connectivity index (χ1v) is 3.49. The van der Waals surface area contributed by atoms with Gasteiger partial charge in [-0.2, -0.15) is 0 Å². The number of hydrogen-bond donors (Lipinski definition) is 2. The van der Waals surface area contributed by atoms with E-state index in [2.05, 4.69) is 0 Å². The standard InChI is InChI=1S/C6H7NO5/c8-5(9)3-4-2(12-4)1-7(3)6(10)11/h2-4H,1H2,(H,8,9)(H,10,11)/t2-,3-,4-/m1/s1. The average Bonchev–Trinajstić information content (AvgIpc) is 2.60. The summed E-state index contributed by atoms with van der Waals surface area (Å²) in [5, 5.41) is 17.2. The monoisotopic (exact) mass is 173 g/mol. The molecular formula is C6H7NO5. The predicted octanol–water partition coefficient (Wildman–Crippen LogP) is -0.799. The maximum atomic E-state index is 10.6. The first kappa shape index (κ1) is 7.35. The van der Waals surface area contributed by atoms with E-state index in [-0.39, 0.29) is 12.6 Å². The number of fused-ring (bicyclic) bond motifs is 1. The molecule has 2 N–H and O–H groups in total. The van der Waals surface area contributed by atoms with E-state index in [4.69, 9.17) is 14.9 Å². The molecule has 0 spiro atoms. The lowest BCUT2D eigenvalue weighted by Gasteiger charge is -2.19. The Kier molecular flexibility index (Phi) is 1.29. The maximum Gasteiger partial charge on any atom is 0.408 e. The van der Waals surface area contributed by atoms with Crippen molar-refractivity contribution in [1.29, 1.82) is 0 Å². The number of nitrogens with zero attached hydrogens (tertiary/aromatic N) is 1. The van der Waals surface area contributed by atoms with Gasteiger partial charge in [-0.25, -0.2) is 9.59 Å². The summed E-state index contributed by atoms with van der Waals surface area (Å²) in [6.45, 7) is 0.178. The fourth-order valence-electron chi connectivity index (χ4n) is 1.54. The molecule has 12 heavy (non-hydrogen) atoms. The second-order valence-corrected chi connectivity index (χ2v) is 2.86. The Morgan fingerprint density at radius 2 is 2.08 bits per heavy atom. The van der Waals surface area contributed by atoms with Gasteiger partial charge in [0.1, 0.15) is 12.2 Å². The van der Waals surface area contributed by atoms with Crippen molar-refractivity contribution < 1.29 is 24.5 Å². The van der Waals surface area contributed by atoms with Crippen molar-refractivity contribution in [3.8, 4) is 0 Å². The summed E-state index contributed by atoms with van der Waals surface area (Å²) >= 11 is 0. The normalized spacial score (nSPS) is 37.7. The van der Waals surface area contributed by atoms with Gasteiger partial charge in [0.05, 0.1) is 6.54 Å². The molecule has 66 valence electrons. The number of hydrogen-bond acceptors (Lipinski definition) is 3. The summed E-state index contributed by atoms with van der Waals surface area (Å²) in [7, 11) is 0. The van der Waals surface area contributed by atoms with Gasteiger partial charge in [-0.15, -0.1) is 0 Å². The lowest BCUT2D eigenvalue weighted by molar-refractivity contribution is -0.143. The van der Waals surface area contributed by atoms with Crippen molar-refractivity contribution in [2.75, 3.05) is 6.54 Å². The molecule has 0 aliphatic carbocycles. The predicted molar refractivity (Wildman–Crippen MR) is 34.8 cm³/mol. The number of morpholine rings is 1. The molecule has 0 aromatic rings. The molecule has 0 unspecified atom stereocenters. The van der Waals surface area contributed by atoms with Crippen molar-refractivity contribution in [3.63, 3.8) is 0 Å². The molecule has 6 nitrogen and oxygen atoms in total. The third-order valence-corrected chi connectivity index (χ3v) is 2.14. The average molecular weight is 173 g/mol. The maximum absolute atomic E-state index is 10.6. The minimum Gasteiger partial charge on any atom is -0.480 e. The Hall–Kier alpha value is -1.30. The van der Waals surface area contributed by atoms with Crippen LogP contribution in [0.25, 0.3) is 0 Å². The van der Waals surface area contributed by atoms with Gasteiger partial charge in [0, 0.05) is 0 Å². The van der Waals surface area contributed by atoms with Crippen molar-refractivity contribution in [2.45, 2.75) is 18.2 Å². The van der Waals surface area contributed by atoms with Gasteiger partial charge in [-0.1, -0.05) is 0 Å². The molecular weight excluding hydrogens is 166 g/mol. The summed E-state index contributed by atoms with van der Waals surface area (Å²) in [6, 6.07) is -1.01. The van der Waals surface area contributed by atoms with Crippen LogP contribution in [0.2, 0.25) is 0 Å². The third kappa shape index (κ3) is 0.845. The van der Waals surface area contributed by atoms with E-state index < -0.39 is 24.2 Å². The van der Waals surface area contributed by atoms with Crippen molar-refractivity contribution in [3.05, 3.63) is 0 Å². The zero-order valence-electron chi connectivity index (χ0n) is 6.01. The van der Waals surface area contributed by atoms with Gasteiger partial charge in [-0.3, -0.25) is 4.90 Å². The Balaban J connectivity index is 2.16. The van der Waals surface area contributed by atoms with Crippen LogP contribution >= 0.6 is 0 Å². The molecule has 6 heteroatoms. The molecule has 0 aromatic heterocycles. The number of carboxylic acid groups (broad SMARTS) is 2. The van der Waals surface area contributed by atoms with Crippen LogP contribution < -0.4 is 0 Å². The summed E-state index contributed by atoms with van der Waals surface area (Å²) in [6.07, 6.45) is -1.81. The summed E-state index contributed by atoms with van der Waals surface area (Å²) in [5.74, 6) is -1.14. The Morgan fingerprint density at radius 3 is 2.50 bits per heavy atom. The van der Waals surface area contributed by atoms with Crippen LogP contribution in [0.3, 0.4) is 0 Å². The zero-order chi connectivity index (χ0) is 8.88. The van der Waals surface area contributed by atoms with Crippen LogP contribution in [0.5, 0.6) is 0 Å². The van der Waals surface area contributed by atoms with Crippen LogP contribution in [-0.4, -0.2) is 52.0 Å². The van der Waals surface area contributed by atoms with Gasteiger partial charge in [-0.05, 0) is 0 Å². The van der Waals surface area contributed by atoms with Gasteiger partial charge < -0.3 is 14.9 Å².